The van der Waals surface area contributed by atoms with Crippen molar-refractivity contribution in [3.05, 3.63) is 40.8 Å². The summed E-state index contributed by atoms with van der Waals surface area (Å²) in [5.74, 6) is -0.980. The third-order valence-electron chi connectivity index (χ3n) is 3.55. The van der Waals surface area contributed by atoms with Crippen molar-refractivity contribution in [1.82, 2.24) is 14.3 Å². The van der Waals surface area contributed by atoms with Gasteiger partial charge in [0.1, 0.15) is 11.6 Å². The highest BCUT2D eigenvalue weighted by Crippen LogP contribution is 2.29. The summed E-state index contributed by atoms with van der Waals surface area (Å²) in [6.45, 7) is 1.56. The fourth-order valence-corrected chi connectivity index (χ4v) is 2.50. The van der Waals surface area contributed by atoms with E-state index in [4.69, 9.17) is 0 Å². The molecule has 0 fully saturated rings. The van der Waals surface area contributed by atoms with Gasteiger partial charge >= 0.3 is 5.97 Å². The quantitative estimate of drug-likeness (QED) is 0.766. The molecule has 6 nitrogen and oxygen atoms in total. The SMILES string of the molecule is C[C@@H](C(=O)O)n1c2ccccc2c2cnn(C)c(=O)c21. The van der Waals surface area contributed by atoms with Crippen LogP contribution in [0.2, 0.25) is 0 Å². The molecule has 0 spiro atoms. The van der Waals surface area contributed by atoms with Gasteiger partial charge in [-0.05, 0) is 13.0 Å². The number of carboxylic acid groups (broad SMARTS) is 1. The van der Waals surface area contributed by atoms with E-state index in [2.05, 4.69) is 5.10 Å². The van der Waals surface area contributed by atoms with Gasteiger partial charge in [0.05, 0.1) is 11.7 Å². The largest absolute Gasteiger partial charge is 0.480 e. The van der Waals surface area contributed by atoms with Crippen LogP contribution in [0, 0.1) is 0 Å². The zero-order valence-corrected chi connectivity index (χ0v) is 11.1. The standard InChI is InChI=1S/C14H13N3O3/c1-8(14(19)20)17-11-6-4-3-5-9(11)10-7-15-16(2)13(18)12(10)17/h3-8H,1-2H3,(H,19,20)/t8-/m0/s1. The first kappa shape index (κ1) is 12.4. The van der Waals surface area contributed by atoms with Gasteiger partial charge in [0.25, 0.3) is 5.56 Å². The Labute approximate surface area is 113 Å². The van der Waals surface area contributed by atoms with Crippen LogP contribution < -0.4 is 5.56 Å². The van der Waals surface area contributed by atoms with E-state index in [9.17, 15) is 14.7 Å². The first-order valence-corrected chi connectivity index (χ1v) is 6.20. The van der Waals surface area contributed by atoms with Crippen molar-refractivity contribution in [2.24, 2.45) is 7.05 Å². The number of aryl methyl sites for hydroxylation is 1. The van der Waals surface area contributed by atoms with Gasteiger partial charge in [-0.25, -0.2) is 9.48 Å². The van der Waals surface area contributed by atoms with Crippen molar-refractivity contribution in [2.75, 3.05) is 0 Å². The lowest BCUT2D eigenvalue weighted by Crippen LogP contribution is -2.24. The Morgan fingerprint density at radius 2 is 2.00 bits per heavy atom. The van der Waals surface area contributed by atoms with Gasteiger partial charge < -0.3 is 9.67 Å². The maximum atomic E-state index is 12.3. The molecule has 2 heterocycles. The molecule has 0 bridgehead atoms. The topological polar surface area (TPSA) is 77.1 Å². The zero-order chi connectivity index (χ0) is 14.4. The van der Waals surface area contributed by atoms with Gasteiger partial charge in [-0.3, -0.25) is 4.79 Å². The minimum absolute atomic E-state index is 0.299. The second-order valence-corrected chi connectivity index (χ2v) is 4.74. The summed E-state index contributed by atoms with van der Waals surface area (Å²) in [5, 5.41) is 14.8. The Morgan fingerprint density at radius 3 is 2.70 bits per heavy atom. The Kier molecular flexibility index (Phi) is 2.60. The summed E-state index contributed by atoms with van der Waals surface area (Å²) >= 11 is 0. The molecular formula is C14H13N3O3. The summed E-state index contributed by atoms with van der Waals surface area (Å²) in [7, 11) is 1.55. The molecule has 0 aliphatic heterocycles. The number of aliphatic carboxylic acids is 1. The number of carbonyl (C=O) groups is 1. The van der Waals surface area contributed by atoms with Gasteiger partial charge in [-0.1, -0.05) is 18.2 Å². The minimum Gasteiger partial charge on any atom is -0.480 e. The minimum atomic E-state index is -0.980. The van der Waals surface area contributed by atoms with Crippen LogP contribution in [0.25, 0.3) is 21.8 Å². The highest BCUT2D eigenvalue weighted by atomic mass is 16.4. The fraction of sp³-hybridized carbons (Fsp3) is 0.214. The van der Waals surface area contributed by atoms with Crippen LogP contribution in [0.15, 0.2) is 35.3 Å². The van der Waals surface area contributed by atoms with Gasteiger partial charge in [0, 0.05) is 17.8 Å². The smallest absolute Gasteiger partial charge is 0.326 e. The zero-order valence-electron chi connectivity index (χ0n) is 11.1. The van der Waals surface area contributed by atoms with Crippen LogP contribution in [0.5, 0.6) is 0 Å². The van der Waals surface area contributed by atoms with E-state index >= 15 is 0 Å². The molecule has 0 radical (unpaired) electrons. The van der Waals surface area contributed by atoms with Crippen molar-refractivity contribution in [3.8, 4) is 0 Å². The predicted molar refractivity (Wildman–Crippen MR) is 74.8 cm³/mol. The number of fused-ring (bicyclic) bond motifs is 3. The molecule has 0 amide bonds. The monoisotopic (exact) mass is 271 g/mol. The number of hydrogen-bond acceptors (Lipinski definition) is 3. The number of benzene rings is 1. The number of para-hydroxylation sites is 1. The first-order valence-electron chi connectivity index (χ1n) is 6.20. The third-order valence-corrected chi connectivity index (χ3v) is 3.55. The lowest BCUT2D eigenvalue weighted by molar-refractivity contribution is -0.140. The molecule has 3 aromatic rings. The summed E-state index contributed by atoms with van der Waals surface area (Å²) in [5.41, 5.74) is 0.799. The molecule has 2 aromatic heterocycles. The van der Waals surface area contributed by atoms with E-state index in [1.807, 2.05) is 24.3 Å². The number of nitrogens with zero attached hydrogens (tertiary/aromatic N) is 3. The van der Waals surface area contributed by atoms with Crippen molar-refractivity contribution >= 4 is 27.8 Å². The van der Waals surface area contributed by atoms with E-state index in [0.29, 0.717) is 10.9 Å². The molecule has 1 aromatic carbocycles. The summed E-state index contributed by atoms with van der Waals surface area (Å²) < 4.78 is 2.78. The second-order valence-electron chi connectivity index (χ2n) is 4.74. The Hall–Kier alpha value is -2.63. The van der Waals surface area contributed by atoms with Crippen molar-refractivity contribution < 1.29 is 9.90 Å². The molecule has 0 aliphatic rings. The lowest BCUT2D eigenvalue weighted by Gasteiger charge is -2.11. The van der Waals surface area contributed by atoms with Gasteiger partial charge in [0.15, 0.2) is 0 Å². The molecule has 0 aliphatic carbocycles. The van der Waals surface area contributed by atoms with Crippen molar-refractivity contribution in [3.63, 3.8) is 0 Å². The fourth-order valence-electron chi connectivity index (χ4n) is 2.50. The van der Waals surface area contributed by atoms with E-state index in [1.165, 1.54) is 4.68 Å². The van der Waals surface area contributed by atoms with Crippen LogP contribution in [-0.2, 0) is 11.8 Å². The van der Waals surface area contributed by atoms with Gasteiger partial charge in [-0.2, -0.15) is 5.10 Å². The predicted octanol–water partition coefficient (Wildman–Crippen LogP) is 1.53. The number of rotatable bonds is 2. The third kappa shape index (κ3) is 1.54. The Balaban J connectivity index is 2.60. The summed E-state index contributed by atoms with van der Waals surface area (Å²) in [6, 6.07) is 6.53. The maximum absolute atomic E-state index is 12.3. The number of aromatic nitrogens is 3. The first-order chi connectivity index (χ1) is 9.52. The van der Waals surface area contributed by atoms with E-state index in [1.54, 1.807) is 24.7 Å². The van der Waals surface area contributed by atoms with Crippen LogP contribution in [0.3, 0.4) is 0 Å². The average Bonchev–Trinajstić information content (AvgIpc) is 2.77. The van der Waals surface area contributed by atoms with Gasteiger partial charge in [0.2, 0.25) is 0 Å². The molecule has 20 heavy (non-hydrogen) atoms. The van der Waals surface area contributed by atoms with Gasteiger partial charge in [-0.15, -0.1) is 0 Å². The molecule has 0 saturated heterocycles. The molecule has 102 valence electrons. The van der Waals surface area contributed by atoms with E-state index in [-0.39, 0.29) is 5.56 Å². The molecule has 0 saturated carbocycles. The van der Waals surface area contributed by atoms with E-state index in [0.717, 1.165) is 10.9 Å². The molecule has 6 heteroatoms. The van der Waals surface area contributed by atoms with Crippen LogP contribution in [0.1, 0.15) is 13.0 Å². The normalized spacial score (nSPS) is 12.9. The molecular weight excluding hydrogens is 258 g/mol. The molecule has 0 unspecified atom stereocenters. The van der Waals surface area contributed by atoms with Crippen molar-refractivity contribution in [2.45, 2.75) is 13.0 Å². The highest BCUT2D eigenvalue weighted by molar-refractivity contribution is 6.08. The second kappa shape index (κ2) is 4.19. The number of hydrogen-bond donors (Lipinski definition) is 1. The van der Waals surface area contributed by atoms with Crippen LogP contribution in [-0.4, -0.2) is 25.4 Å². The van der Waals surface area contributed by atoms with Crippen LogP contribution in [0.4, 0.5) is 0 Å². The number of carboxylic acids is 1. The highest BCUT2D eigenvalue weighted by Gasteiger charge is 2.22. The van der Waals surface area contributed by atoms with Crippen molar-refractivity contribution in [1.29, 1.82) is 0 Å². The molecule has 3 rings (SSSR count). The van der Waals surface area contributed by atoms with E-state index < -0.39 is 12.0 Å². The summed E-state index contributed by atoms with van der Waals surface area (Å²) in [4.78, 5) is 23.7. The molecule has 1 N–H and O–H groups in total. The average molecular weight is 271 g/mol. The van der Waals surface area contributed by atoms with Crippen LogP contribution >= 0.6 is 0 Å². The molecule has 1 atom stereocenters. The summed E-state index contributed by atoms with van der Waals surface area (Å²) in [6.07, 6.45) is 1.60. The lowest BCUT2D eigenvalue weighted by atomic mass is 10.2. The Bertz CT molecular complexity index is 892. The Morgan fingerprint density at radius 1 is 1.30 bits per heavy atom. The maximum Gasteiger partial charge on any atom is 0.326 e.